The monoisotopic (exact) mass is 369 g/mol. The first kappa shape index (κ1) is 17.7. The molecule has 0 radical (unpaired) electrons. The maximum absolute atomic E-state index is 12.7. The molecule has 146 valence electrons. The van der Waals surface area contributed by atoms with Crippen molar-refractivity contribution in [2.45, 2.75) is 68.9 Å². The van der Waals surface area contributed by atoms with Gasteiger partial charge in [0.05, 0.1) is 12.7 Å². The van der Waals surface area contributed by atoms with E-state index < -0.39 is 0 Å². The molecule has 0 aromatic heterocycles. The van der Waals surface area contributed by atoms with Crippen molar-refractivity contribution in [3.63, 3.8) is 0 Å². The van der Waals surface area contributed by atoms with Crippen LogP contribution >= 0.6 is 0 Å². The van der Waals surface area contributed by atoms with Crippen molar-refractivity contribution in [3.8, 4) is 5.75 Å². The molecule has 4 nitrogen and oxygen atoms in total. The van der Waals surface area contributed by atoms with Gasteiger partial charge in [-0.3, -0.25) is 9.69 Å². The number of nitrogens with zero attached hydrogens (tertiary/aromatic N) is 1. The standard InChI is InChI=1S/C23H31NO3/c1-3-27-23-9-8-18(25)14-22(23)10-11-24(15-16-4-5-16)21(23)12-17-6-7-19(26-2)13-20(17)22/h6-7,13,16,21H,3-5,8-12,14-15H2,1-2H3/t21-,22-,23?/m1/s1. The number of methoxy groups -OCH3 is 1. The Labute approximate surface area is 162 Å². The quantitative estimate of drug-likeness (QED) is 0.796. The van der Waals surface area contributed by atoms with Crippen LogP contribution in [0.1, 0.15) is 56.6 Å². The Balaban J connectivity index is 1.67. The number of benzene rings is 1. The summed E-state index contributed by atoms with van der Waals surface area (Å²) >= 11 is 0. The number of ether oxygens (including phenoxy) is 2. The number of hydrogen-bond acceptors (Lipinski definition) is 4. The number of rotatable bonds is 5. The predicted octanol–water partition coefficient (Wildman–Crippen LogP) is 3.50. The fourth-order valence-corrected chi connectivity index (χ4v) is 6.39. The Morgan fingerprint density at radius 3 is 2.85 bits per heavy atom. The van der Waals surface area contributed by atoms with Crippen LogP contribution in [0.25, 0.3) is 0 Å². The lowest BCUT2D eigenvalue weighted by molar-refractivity contribution is -0.198. The van der Waals surface area contributed by atoms with Crippen molar-refractivity contribution >= 4 is 5.78 Å². The van der Waals surface area contributed by atoms with Crippen LogP contribution in [0.3, 0.4) is 0 Å². The highest BCUT2D eigenvalue weighted by Crippen LogP contribution is 2.59. The normalized spacial score (nSPS) is 35.5. The molecule has 1 aromatic rings. The number of carbonyl (C=O) groups excluding carboxylic acids is 1. The summed E-state index contributed by atoms with van der Waals surface area (Å²) in [6.07, 6.45) is 6.95. The van der Waals surface area contributed by atoms with Gasteiger partial charge in [0.15, 0.2) is 0 Å². The van der Waals surface area contributed by atoms with E-state index in [1.54, 1.807) is 7.11 Å². The zero-order valence-electron chi connectivity index (χ0n) is 16.6. The van der Waals surface area contributed by atoms with Crippen LogP contribution in [-0.4, -0.2) is 49.1 Å². The summed E-state index contributed by atoms with van der Waals surface area (Å²) in [5.41, 5.74) is 2.30. The van der Waals surface area contributed by atoms with Crippen LogP contribution in [0.4, 0.5) is 0 Å². The van der Waals surface area contributed by atoms with Crippen molar-refractivity contribution in [2.24, 2.45) is 5.92 Å². The highest BCUT2D eigenvalue weighted by atomic mass is 16.5. The molecule has 3 aliphatic carbocycles. The van der Waals surface area contributed by atoms with Crippen LogP contribution in [0, 0.1) is 5.92 Å². The minimum atomic E-state index is -0.234. The predicted molar refractivity (Wildman–Crippen MR) is 104 cm³/mol. The van der Waals surface area contributed by atoms with Gasteiger partial charge in [-0.15, -0.1) is 0 Å². The first-order valence-electron chi connectivity index (χ1n) is 10.7. The van der Waals surface area contributed by atoms with Crippen LogP contribution in [0.5, 0.6) is 5.75 Å². The first-order valence-corrected chi connectivity index (χ1v) is 10.7. The third-order valence-corrected chi connectivity index (χ3v) is 7.73. The third-order valence-electron chi connectivity index (χ3n) is 7.73. The molecule has 2 bridgehead atoms. The summed E-state index contributed by atoms with van der Waals surface area (Å²) in [6, 6.07) is 6.91. The summed E-state index contributed by atoms with van der Waals surface area (Å²) in [6.45, 7) is 5.11. The van der Waals surface area contributed by atoms with Gasteiger partial charge in [0.2, 0.25) is 0 Å². The lowest BCUT2D eigenvalue weighted by atomic mass is 9.49. The number of piperidine rings is 1. The number of hydrogen-bond donors (Lipinski definition) is 0. The van der Waals surface area contributed by atoms with E-state index >= 15 is 0 Å². The van der Waals surface area contributed by atoms with Gasteiger partial charge >= 0.3 is 0 Å². The lowest BCUT2D eigenvalue weighted by Gasteiger charge is -2.65. The minimum absolute atomic E-state index is 0.189. The van der Waals surface area contributed by atoms with E-state index in [4.69, 9.17) is 9.47 Å². The Morgan fingerprint density at radius 2 is 2.11 bits per heavy atom. The zero-order chi connectivity index (χ0) is 18.6. The van der Waals surface area contributed by atoms with E-state index in [1.165, 1.54) is 30.5 Å². The molecular weight excluding hydrogens is 338 g/mol. The number of ketones is 1. The van der Waals surface area contributed by atoms with Gasteiger partial charge in [0.25, 0.3) is 0 Å². The Bertz CT molecular complexity index is 758. The maximum Gasteiger partial charge on any atom is 0.134 e. The second kappa shape index (κ2) is 6.31. The molecule has 0 amide bonds. The van der Waals surface area contributed by atoms with Crippen LogP contribution in [-0.2, 0) is 21.4 Å². The average Bonchev–Trinajstić information content (AvgIpc) is 3.48. The van der Waals surface area contributed by atoms with Crippen LogP contribution in [0.15, 0.2) is 18.2 Å². The van der Waals surface area contributed by atoms with Gasteiger partial charge in [-0.05, 0) is 74.8 Å². The Kier molecular flexibility index (Phi) is 4.14. The van der Waals surface area contributed by atoms with E-state index in [0.717, 1.165) is 37.5 Å². The highest BCUT2D eigenvalue weighted by molar-refractivity contribution is 5.82. The molecule has 1 aliphatic heterocycles. The van der Waals surface area contributed by atoms with Gasteiger partial charge in [-0.2, -0.15) is 0 Å². The smallest absolute Gasteiger partial charge is 0.134 e. The van der Waals surface area contributed by atoms with Gasteiger partial charge in [-0.25, -0.2) is 0 Å². The van der Waals surface area contributed by atoms with Gasteiger partial charge < -0.3 is 9.47 Å². The molecule has 3 atom stereocenters. The lowest BCUT2D eigenvalue weighted by Crippen LogP contribution is -2.74. The molecule has 27 heavy (non-hydrogen) atoms. The average molecular weight is 370 g/mol. The van der Waals surface area contributed by atoms with Crippen molar-refractivity contribution in [2.75, 3.05) is 26.8 Å². The molecule has 1 aromatic carbocycles. The van der Waals surface area contributed by atoms with Crippen molar-refractivity contribution in [1.82, 2.24) is 4.90 Å². The molecule has 1 unspecified atom stereocenters. The molecule has 4 heteroatoms. The molecule has 4 aliphatic rings. The Hall–Kier alpha value is -1.39. The number of likely N-dealkylation sites (tertiary alicyclic amines) is 1. The van der Waals surface area contributed by atoms with Crippen molar-refractivity contribution in [1.29, 1.82) is 0 Å². The second-order valence-electron chi connectivity index (χ2n) is 9.05. The summed E-state index contributed by atoms with van der Waals surface area (Å²) in [4.78, 5) is 15.4. The van der Waals surface area contributed by atoms with Crippen LogP contribution < -0.4 is 4.74 Å². The third kappa shape index (κ3) is 2.52. The summed E-state index contributed by atoms with van der Waals surface area (Å²) in [5.74, 6) is 2.17. The molecule has 1 heterocycles. The van der Waals surface area contributed by atoms with Gasteiger partial charge in [-0.1, -0.05) is 6.07 Å². The molecule has 0 spiro atoms. The number of carbonyl (C=O) groups is 1. The summed E-state index contributed by atoms with van der Waals surface area (Å²) < 4.78 is 12.3. The summed E-state index contributed by atoms with van der Waals surface area (Å²) in [5, 5.41) is 0. The molecule has 3 fully saturated rings. The van der Waals surface area contributed by atoms with Gasteiger partial charge in [0, 0.05) is 37.5 Å². The second-order valence-corrected chi connectivity index (χ2v) is 9.05. The maximum atomic E-state index is 12.7. The zero-order valence-corrected chi connectivity index (χ0v) is 16.6. The fraction of sp³-hybridized carbons (Fsp3) is 0.696. The highest BCUT2D eigenvalue weighted by Gasteiger charge is 2.66. The molecule has 1 saturated heterocycles. The SMILES string of the molecule is CCOC12CCC(=O)C[C@@]13CCN(CC1CC1)[C@@H]2Cc1ccc(OC)cc13. The first-order chi connectivity index (χ1) is 13.1. The van der Waals surface area contributed by atoms with E-state index in [-0.39, 0.29) is 11.0 Å². The molecule has 0 N–H and O–H groups in total. The van der Waals surface area contributed by atoms with Crippen LogP contribution in [0.2, 0.25) is 0 Å². The topological polar surface area (TPSA) is 38.8 Å². The number of Topliss-reactive ketones (excluding diaryl/α,β-unsaturated/α-hetero) is 1. The molecule has 2 saturated carbocycles. The Morgan fingerprint density at radius 1 is 1.26 bits per heavy atom. The molecule has 5 rings (SSSR count). The van der Waals surface area contributed by atoms with Crippen molar-refractivity contribution < 1.29 is 14.3 Å². The number of fused-ring (bicyclic) bond motifs is 1. The van der Waals surface area contributed by atoms with E-state index in [9.17, 15) is 4.79 Å². The van der Waals surface area contributed by atoms with Crippen molar-refractivity contribution in [3.05, 3.63) is 29.3 Å². The van der Waals surface area contributed by atoms with E-state index in [0.29, 0.717) is 31.3 Å². The van der Waals surface area contributed by atoms with E-state index in [1.807, 2.05) is 0 Å². The van der Waals surface area contributed by atoms with Gasteiger partial charge in [0.1, 0.15) is 11.5 Å². The fourth-order valence-electron chi connectivity index (χ4n) is 6.39. The summed E-state index contributed by atoms with van der Waals surface area (Å²) in [7, 11) is 1.73. The largest absolute Gasteiger partial charge is 0.497 e. The minimum Gasteiger partial charge on any atom is -0.497 e. The van der Waals surface area contributed by atoms with E-state index in [2.05, 4.69) is 30.0 Å². The molecular formula is C23H31NO3.